The smallest absolute Gasteiger partial charge is 0.0533 e. The minimum Gasteiger partial charge on any atom is -0.322 e. The van der Waals surface area contributed by atoms with Crippen LogP contribution in [0.3, 0.4) is 0 Å². The van der Waals surface area contributed by atoms with Crippen molar-refractivity contribution in [1.29, 1.82) is 0 Å². The fraction of sp³-hybridized carbons (Fsp3) is 1.00. The summed E-state index contributed by atoms with van der Waals surface area (Å²) in [5.74, 6) is 0. The van der Waals surface area contributed by atoms with E-state index in [1.165, 1.54) is 0 Å². The minimum absolute atomic E-state index is 0. The molecule has 0 amide bonds. The van der Waals surface area contributed by atoms with Gasteiger partial charge < -0.3 is 43.4 Å². The summed E-state index contributed by atoms with van der Waals surface area (Å²) in [5, 5.41) is 20.8. The Balaban J connectivity index is -0.000000529. The summed E-state index contributed by atoms with van der Waals surface area (Å²) in [6, 6.07) is 0. The molecule has 3 heterocycles. The van der Waals surface area contributed by atoms with Crippen LogP contribution in [-0.4, -0.2) is 89.6 Å². The molecular formula is C14H39Cl5N8. The van der Waals surface area contributed by atoms with Gasteiger partial charge in [-0.05, 0) is 0 Å². The predicted molar refractivity (Wildman–Crippen MR) is 127 cm³/mol. The van der Waals surface area contributed by atoms with Crippen molar-refractivity contribution in [2.45, 2.75) is 11.1 Å². The van der Waals surface area contributed by atoms with Gasteiger partial charge in [0, 0.05) is 78.5 Å². The largest absolute Gasteiger partial charge is 0.322 e. The van der Waals surface area contributed by atoms with Crippen LogP contribution in [0.25, 0.3) is 0 Å². The molecule has 3 saturated heterocycles. The first-order valence-corrected chi connectivity index (χ1v) is 8.44. The summed E-state index contributed by atoms with van der Waals surface area (Å²) in [4.78, 5) is 0. The molecule has 2 bridgehead atoms. The van der Waals surface area contributed by atoms with Gasteiger partial charge in [-0.25, -0.2) is 0 Å². The molecule has 0 aromatic carbocycles. The van der Waals surface area contributed by atoms with Gasteiger partial charge in [0.1, 0.15) is 0 Å². The lowest BCUT2D eigenvalue weighted by Crippen LogP contribution is -2.65. The average Bonchev–Trinajstić information content (AvgIpc) is 2.49. The van der Waals surface area contributed by atoms with Crippen molar-refractivity contribution < 1.29 is 0 Å². The first kappa shape index (κ1) is 35.6. The molecule has 170 valence electrons. The van der Waals surface area contributed by atoms with E-state index in [-0.39, 0.29) is 73.1 Å². The van der Waals surface area contributed by atoms with Crippen LogP contribution in [0.5, 0.6) is 0 Å². The summed E-state index contributed by atoms with van der Waals surface area (Å²) in [6.07, 6.45) is 0. The van der Waals surface area contributed by atoms with E-state index >= 15 is 0 Å². The van der Waals surface area contributed by atoms with E-state index in [0.717, 1.165) is 78.5 Å². The normalized spacial score (nSPS) is 30.4. The lowest BCUT2D eigenvalue weighted by molar-refractivity contribution is 0.317. The summed E-state index contributed by atoms with van der Waals surface area (Å²) in [5.41, 5.74) is 12.6. The SMILES string of the molecule is Cl.Cl.Cl.Cl.Cl.NC12CNCCNCC(N)(CNCCNC1)CNCCNC2. The van der Waals surface area contributed by atoms with Crippen LogP contribution < -0.4 is 43.4 Å². The third-order valence-electron chi connectivity index (χ3n) is 4.30. The van der Waals surface area contributed by atoms with Crippen LogP contribution in [0.4, 0.5) is 0 Å². The number of halogens is 5. The number of nitrogens with two attached hydrogens (primary N) is 2. The number of hydrogen-bond donors (Lipinski definition) is 8. The Morgan fingerprint density at radius 2 is 0.519 bits per heavy atom. The molecule has 3 aliphatic rings. The Morgan fingerprint density at radius 1 is 0.370 bits per heavy atom. The maximum atomic E-state index is 6.55. The Kier molecular flexibility index (Phi) is 25.2. The van der Waals surface area contributed by atoms with E-state index < -0.39 is 0 Å². The van der Waals surface area contributed by atoms with Crippen molar-refractivity contribution in [2.75, 3.05) is 78.5 Å². The van der Waals surface area contributed by atoms with Gasteiger partial charge in [0.25, 0.3) is 0 Å². The summed E-state index contributed by atoms with van der Waals surface area (Å²) in [7, 11) is 0. The molecule has 0 atom stereocenters. The minimum atomic E-state index is -0.272. The molecule has 0 aliphatic carbocycles. The van der Waals surface area contributed by atoms with Gasteiger partial charge in [0.15, 0.2) is 0 Å². The maximum absolute atomic E-state index is 6.55. The zero-order chi connectivity index (χ0) is 15.7. The molecule has 0 unspecified atom stereocenters. The molecule has 0 aromatic rings. The second-order valence-electron chi connectivity index (χ2n) is 6.79. The van der Waals surface area contributed by atoms with Crippen LogP contribution in [-0.2, 0) is 0 Å². The third kappa shape index (κ3) is 14.7. The zero-order valence-corrected chi connectivity index (χ0v) is 19.8. The average molecular weight is 497 g/mol. The highest BCUT2D eigenvalue weighted by Gasteiger charge is 2.26. The van der Waals surface area contributed by atoms with Crippen molar-refractivity contribution in [2.24, 2.45) is 11.5 Å². The van der Waals surface area contributed by atoms with Crippen LogP contribution >= 0.6 is 62.0 Å². The third-order valence-corrected chi connectivity index (χ3v) is 4.30. The van der Waals surface area contributed by atoms with Gasteiger partial charge in [0.2, 0.25) is 0 Å². The quantitative estimate of drug-likeness (QED) is 0.195. The van der Waals surface area contributed by atoms with E-state index in [1.54, 1.807) is 0 Å². The Labute approximate surface area is 194 Å². The molecule has 0 spiro atoms. The van der Waals surface area contributed by atoms with Crippen LogP contribution in [0.1, 0.15) is 0 Å². The standard InChI is InChI=1S/C14H34N8.5ClH/c15-13-7-17-1-2-18-8-14(16,11-21-5-3-19-9-13)12-22-6-4-20-10-13;;;;;/h17-22H,1-12,15-16H2;5*1H. The molecule has 10 N–H and O–H groups in total. The van der Waals surface area contributed by atoms with Gasteiger partial charge in [-0.3, -0.25) is 0 Å². The first-order chi connectivity index (χ1) is 10.6. The Bertz CT molecular complexity index is 256. The van der Waals surface area contributed by atoms with E-state index in [2.05, 4.69) is 31.9 Å². The van der Waals surface area contributed by atoms with Crippen LogP contribution in [0, 0.1) is 0 Å². The van der Waals surface area contributed by atoms with Gasteiger partial charge in [-0.2, -0.15) is 0 Å². The first-order valence-electron chi connectivity index (χ1n) is 8.44. The van der Waals surface area contributed by atoms with Crippen LogP contribution in [0.2, 0.25) is 0 Å². The molecular weight excluding hydrogens is 457 g/mol. The van der Waals surface area contributed by atoms with Crippen molar-refractivity contribution in [3.8, 4) is 0 Å². The zero-order valence-electron chi connectivity index (χ0n) is 15.7. The van der Waals surface area contributed by atoms with Gasteiger partial charge in [0.05, 0.1) is 11.1 Å². The second kappa shape index (κ2) is 19.1. The van der Waals surface area contributed by atoms with Gasteiger partial charge in [-0.1, -0.05) is 0 Å². The molecule has 3 rings (SSSR count). The lowest BCUT2D eigenvalue weighted by atomic mass is 9.99. The molecule has 3 aliphatic heterocycles. The van der Waals surface area contributed by atoms with Crippen molar-refractivity contribution in [3.63, 3.8) is 0 Å². The highest BCUT2D eigenvalue weighted by molar-refractivity contribution is 5.86. The number of nitrogens with one attached hydrogen (secondary N) is 6. The van der Waals surface area contributed by atoms with Crippen molar-refractivity contribution >= 4 is 62.0 Å². The van der Waals surface area contributed by atoms with E-state index in [9.17, 15) is 0 Å². The molecule has 27 heavy (non-hydrogen) atoms. The summed E-state index contributed by atoms with van der Waals surface area (Å²) < 4.78 is 0. The summed E-state index contributed by atoms with van der Waals surface area (Å²) in [6.45, 7) is 10.2. The second-order valence-corrected chi connectivity index (χ2v) is 6.79. The van der Waals surface area contributed by atoms with E-state index in [4.69, 9.17) is 11.5 Å². The Hall–Kier alpha value is 1.13. The molecule has 0 radical (unpaired) electrons. The highest BCUT2D eigenvalue weighted by Crippen LogP contribution is 1.99. The highest BCUT2D eigenvalue weighted by atomic mass is 35.5. The maximum Gasteiger partial charge on any atom is 0.0533 e. The van der Waals surface area contributed by atoms with Gasteiger partial charge in [-0.15, -0.1) is 62.0 Å². The fourth-order valence-electron chi connectivity index (χ4n) is 2.93. The summed E-state index contributed by atoms with van der Waals surface area (Å²) >= 11 is 0. The Morgan fingerprint density at radius 3 is 0.667 bits per heavy atom. The number of fused-ring (bicyclic) bond motifs is 15. The number of hydrogen-bond acceptors (Lipinski definition) is 8. The monoisotopic (exact) mass is 494 g/mol. The molecule has 3 fully saturated rings. The molecule has 0 aromatic heterocycles. The topological polar surface area (TPSA) is 124 Å². The molecule has 8 nitrogen and oxygen atoms in total. The molecule has 0 saturated carbocycles. The van der Waals surface area contributed by atoms with Gasteiger partial charge >= 0.3 is 0 Å². The van der Waals surface area contributed by atoms with Crippen LogP contribution in [0.15, 0.2) is 0 Å². The predicted octanol–water partition coefficient (Wildman–Crippen LogP) is -1.94. The fourth-order valence-corrected chi connectivity index (χ4v) is 2.93. The molecule has 13 heteroatoms. The van der Waals surface area contributed by atoms with Crippen molar-refractivity contribution in [1.82, 2.24) is 31.9 Å². The number of rotatable bonds is 0. The van der Waals surface area contributed by atoms with E-state index in [1.807, 2.05) is 0 Å². The van der Waals surface area contributed by atoms with E-state index in [0.29, 0.717) is 0 Å². The van der Waals surface area contributed by atoms with Crippen molar-refractivity contribution in [3.05, 3.63) is 0 Å². The lowest BCUT2D eigenvalue weighted by Gasteiger charge is -2.34.